The van der Waals surface area contributed by atoms with Crippen LogP contribution in [0, 0.1) is 5.92 Å². The first-order valence-electron chi connectivity index (χ1n) is 7.45. The summed E-state index contributed by atoms with van der Waals surface area (Å²) in [5.41, 5.74) is 2.36. The number of carbonyl (C=O) groups excluding carboxylic acids is 1. The second kappa shape index (κ2) is 8.05. The molecule has 1 saturated carbocycles. The van der Waals surface area contributed by atoms with Gasteiger partial charge in [-0.15, -0.1) is 0 Å². The van der Waals surface area contributed by atoms with Crippen LogP contribution in [0.5, 0.6) is 0 Å². The van der Waals surface area contributed by atoms with Crippen LogP contribution in [-0.4, -0.2) is 27.1 Å². The van der Waals surface area contributed by atoms with Crippen molar-refractivity contribution in [1.29, 1.82) is 0 Å². The molecular weight excluding hydrogens is 302 g/mol. The highest BCUT2D eigenvalue weighted by molar-refractivity contribution is 7.89. The summed E-state index contributed by atoms with van der Waals surface area (Å²) in [6.07, 6.45) is 7.60. The number of hydrogen-bond acceptors (Lipinski definition) is 4. The molecule has 0 spiro atoms. The highest BCUT2D eigenvalue weighted by Crippen LogP contribution is 2.21. The molecule has 22 heavy (non-hydrogen) atoms. The lowest BCUT2D eigenvalue weighted by atomic mass is 9.90. The van der Waals surface area contributed by atoms with Crippen molar-refractivity contribution in [3.8, 4) is 0 Å². The summed E-state index contributed by atoms with van der Waals surface area (Å²) in [5, 5.41) is 3.91. The lowest BCUT2D eigenvalue weighted by Gasteiger charge is -2.16. The van der Waals surface area contributed by atoms with Gasteiger partial charge in [0.15, 0.2) is 0 Å². The van der Waals surface area contributed by atoms with Crippen LogP contribution in [0.1, 0.15) is 32.1 Å². The Hall–Kier alpha value is -1.73. The van der Waals surface area contributed by atoms with Gasteiger partial charge in [-0.25, -0.2) is 18.6 Å². The number of sulfonamides is 1. The van der Waals surface area contributed by atoms with Gasteiger partial charge in [-0.05, 0) is 30.9 Å². The Kier molecular flexibility index (Phi) is 6.09. The van der Waals surface area contributed by atoms with Crippen molar-refractivity contribution in [2.75, 3.05) is 6.54 Å². The van der Waals surface area contributed by atoms with Gasteiger partial charge in [-0.2, -0.15) is 5.10 Å². The van der Waals surface area contributed by atoms with Crippen LogP contribution in [0.15, 0.2) is 40.3 Å². The average Bonchev–Trinajstić information content (AvgIpc) is 2.55. The van der Waals surface area contributed by atoms with Crippen LogP contribution >= 0.6 is 0 Å². The third-order valence-corrected chi connectivity index (χ3v) is 5.02. The summed E-state index contributed by atoms with van der Waals surface area (Å²) in [7, 11) is -3.66. The number of hydrogen-bond donors (Lipinski definition) is 2. The average molecular weight is 323 g/mol. The van der Waals surface area contributed by atoms with E-state index in [1.165, 1.54) is 31.4 Å². The van der Waals surface area contributed by atoms with Crippen molar-refractivity contribution in [2.24, 2.45) is 11.0 Å². The maximum absolute atomic E-state index is 11.9. The topological polar surface area (TPSA) is 87.6 Å². The van der Waals surface area contributed by atoms with E-state index in [2.05, 4.69) is 15.2 Å². The van der Waals surface area contributed by atoms with Crippen LogP contribution in [0.4, 0.5) is 0 Å². The maximum atomic E-state index is 11.9. The molecule has 0 aromatic heterocycles. The quantitative estimate of drug-likeness (QED) is 0.616. The van der Waals surface area contributed by atoms with Crippen LogP contribution in [0.2, 0.25) is 0 Å². The molecule has 0 bridgehead atoms. The normalized spacial score (nSPS) is 16.7. The standard InChI is InChI=1S/C15H21N3O3S/c19-15(18-16-11-13-7-3-1-4-8-13)12-17-22(20,21)14-9-5-2-6-10-14/h2,5-6,9-11,13,17H,1,3-4,7-8,12H2,(H,18,19)/b16-11-. The summed E-state index contributed by atoms with van der Waals surface area (Å²) < 4.78 is 26.1. The first-order chi connectivity index (χ1) is 10.6. The van der Waals surface area contributed by atoms with Gasteiger partial charge in [-0.3, -0.25) is 4.79 Å². The summed E-state index contributed by atoms with van der Waals surface area (Å²) in [4.78, 5) is 11.7. The molecule has 1 amide bonds. The van der Waals surface area contributed by atoms with Gasteiger partial charge >= 0.3 is 0 Å². The SMILES string of the molecule is O=C(CNS(=O)(=O)c1ccccc1)N/N=C\C1CCCCC1. The van der Waals surface area contributed by atoms with Crippen molar-refractivity contribution in [2.45, 2.75) is 37.0 Å². The van der Waals surface area contributed by atoms with Gasteiger partial charge in [0, 0.05) is 6.21 Å². The summed E-state index contributed by atoms with van der Waals surface area (Å²) in [5.74, 6) is -0.0679. The van der Waals surface area contributed by atoms with Gasteiger partial charge in [0.2, 0.25) is 10.0 Å². The Balaban J connectivity index is 1.76. The molecule has 0 heterocycles. The zero-order valence-corrected chi connectivity index (χ0v) is 13.2. The van der Waals surface area contributed by atoms with Crippen LogP contribution < -0.4 is 10.1 Å². The number of carbonyl (C=O) groups is 1. The van der Waals surface area contributed by atoms with E-state index in [1.807, 2.05) is 0 Å². The predicted molar refractivity (Wildman–Crippen MR) is 84.8 cm³/mol. The van der Waals surface area contributed by atoms with Crippen LogP contribution in [-0.2, 0) is 14.8 Å². The first-order valence-corrected chi connectivity index (χ1v) is 8.93. The molecule has 6 nitrogen and oxygen atoms in total. The van der Waals surface area contributed by atoms with Crippen molar-refractivity contribution in [3.63, 3.8) is 0 Å². The Labute approximate surface area is 131 Å². The van der Waals surface area contributed by atoms with Crippen LogP contribution in [0.25, 0.3) is 0 Å². The molecule has 0 atom stereocenters. The third-order valence-electron chi connectivity index (χ3n) is 3.60. The number of hydrazone groups is 1. The molecule has 120 valence electrons. The summed E-state index contributed by atoms with van der Waals surface area (Å²) in [6, 6.07) is 7.93. The smallest absolute Gasteiger partial charge is 0.255 e. The molecular formula is C15H21N3O3S. The van der Waals surface area contributed by atoms with Crippen LogP contribution in [0.3, 0.4) is 0 Å². The monoisotopic (exact) mass is 323 g/mol. The zero-order chi connectivity index (χ0) is 15.8. The largest absolute Gasteiger partial charge is 0.272 e. The summed E-state index contributed by atoms with van der Waals surface area (Å²) in [6.45, 7) is -0.334. The number of nitrogens with zero attached hydrogens (tertiary/aromatic N) is 1. The highest BCUT2D eigenvalue weighted by atomic mass is 32.2. The summed E-state index contributed by atoms with van der Waals surface area (Å²) >= 11 is 0. The third kappa shape index (κ3) is 5.23. The minimum Gasteiger partial charge on any atom is -0.272 e. The van der Waals surface area contributed by atoms with Gasteiger partial charge in [0.25, 0.3) is 5.91 Å². The van der Waals surface area contributed by atoms with E-state index < -0.39 is 15.9 Å². The van der Waals surface area contributed by atoms with E-state index in [-0.39, 0.29) is 11.4 Å². The van der Waals surface area contributed by atoms with E-state index >= 15 is 0 Å². The lowest BCUT2D eigenvalue weighted by molar-refractivity contribution is -0.119. The Morgan fingerprint density at radius 1 is 1.18 bits per heavy atom. The molecule has 0 unspecified atom stereocenters. The Morgan fingerprint density at radius 2 is 1.86 bits per heavy atom. The Morgan fingerprint density at radius 3 is 2.55 bits per heavy atom. The van der Waals surface area contributed by atoms with E-state index in [0.717, 1.165) is 12.8 Å². The number of amides is 1. The first kappa shape index (κ1) is 16.6. The Bertz CT molecular complexity index is 608. The fourth-order valence-corrected chi connectivity index (χ4v) is 3.38. The maximum Gasteiger partial charge on any atom is 0.255 e. The van der Waals surface area contributed by atoms with E-state index in [1.54, 1.807) is 24.4 Å². The number of benzene rings is 1. The molecule has 0 aliphatic heterocycles. The van der Waals surface area contributed by atoms with Crippen molar-refractivity contribution >= 4 is 22.1 Å². The van der Waals surface area contributed by atoms with E-state index in [4.69, 9.17) is 0 Å². The molecule has 1 fully saturated rings. The van der Waals surface area contributed by atoms with Crippen molar-refractivity contribution < 1.29 is 13.2 Å². The second-order valence-electron chi connectivity index (χ2n) is 5.35. The molecule has 1 aliphatic rings. The van der Waals surface area contributed by atoms with E-state index in [9.17, 15) is 13.2 Å². The molecule has 7 heteroatoms. The lowest BCUT2D eigenvalue weighted by Crippen LogP contribution is -2.35. The molecule has 1 aromatic rings. The number of rotatable bonds is 6. The fraction of sp³-hybridized carbons (Fsp3) is 0.467. The minimum atomic E-state index is -3.66. The fourth-order valence-electron chi connectivity index (χ4n) is 2.38. The molecule has 1 aliphatic carbocycles. The predicted octanol–water partition coefficient (Wildman–Crippen LogP) is 1.65. The van der Waals surface area contributed by atoms with Gasteiger partial charge in [0.05, 0.1) is 11.4 Å². The van der Waals surface area contributed by atoms with Crippen molar-refractivity contribution in [1.82, 2.24) is 10.1 Å². The molecule has 1 aromatic carbocycles. The molecule has 2 N–H and O–H groups in total. The minimum absolute atomic E-state index is 0.133. The van der Waals surface area contributed by atoms with Gasteiger partial charge in [0.1, 0.15) is 0 Å². The second-order valence-corrected chi connectivity index (χ2v) is 7.12. The highest BCUT2D eigenvalue weighted by Gasteiger charge is 2.15. The molecule has 0 radical (unpaired) electrons. The number of nitrogens with one attached hydrogen (secondary N) is 2. The van der Waals surface area contributed by atoms with Gasteiger partial charge < -0.3 is 0 Å². The molecule has 2 rings (SSSR count). The van der Waals surface area contributed by atoms with E-state index in [0.29, 0.717) is 5.92 Å². The van der Waals surface area contributed by atoms with Crippen molar-refractivity contribution in [3.05, 3.63) is 30.3 Å². The van der Waals surface area contributed by atoms with Gasteiger partial charge in [-0.1, -0.05) is 37.5 Å². The zero-order valence-electron chi connectivity index (χ0n) is 12.4. The molecule has 0 saturated heterocycles.